The van der Waals surface area contributed by atoms with Gasteiger partial charge in [-0.1, -0.05) is 11.6 Å². The van der Waals surface area contributed by atoms with Crippen molar-refractivity contribution in [2.45, 2.75) is 19.3 Å². The maximum atomic E-state index is 13.0. The van der Waals surface area contributed by atoms with Gasteiger partial charge in [0.1, 0.15) is 22.2 Å². The number of halogens is 1. The molecule has 6 heteroatoms. The van der Waals surface area contributed by atoms with Crippen LogP contribution in [0, 0.1) is 0 Å². The maximum Gasteiger partial charge on any atom is 0.215 e. The van der Waals surface area contributed by atoms with Crippen molar-refractivity contribution < 1.29 is 19.1 Å². The monoisotopic (exact) mass is 335 g/mol. The zero-order chi connectivity index (χ0) is 16.6. The number of piperidine rings is 1. The number of nitrogens with zero attached hydrogens (tertiary/aromatic N) is 1. The van der Waals surface area contributed by atoms with Crippen molar-refractivity contribution in [3.05, 3.63) is 34.0 Å². The molecule has 0 radical (unpaired) electrons. The molecule has 0 saturated carbocycles. The Kier molecular flexibility index (Phi) is 4.31. The number of ketones is 2. The van der Waals surface area contributed by atoms with Gasteiger partial charge in [0.2, 0.25) is 11.6 Å². The number of likely N-dealkylation sites (tertiary alicyclic amines) is 1. The first-order valence-electron chi connectivity index (χ1n) is 7.59. The van der Waals surface area contributed by atoms with E-state index < -0.39 is 5.78 Å². The van der Waals surface area contributed by atoms with E-state index in [-0.39, 0.29) is 27.6 Å². The number of allylic oxidation sites excluding steroid dienone is 2. The van der Waals surface area contributed by atoms with Crippen molar-refractivity contribution in [2.75, 3.05) is 27.3 Å². The largest absolute Gasteiger partial charge is 0.496 e. The minimum atomic E-state index is -0.391. The number of hydrogen-bond donors (Lipinski definition) is 0. The number of Topliss-reactive ketones (excluding diaryl/α,β-unsaturated/α-hetero) is 2. The van der Waals surface area contributed by atoms with E-state index in [4.69, 9.17) is 21.1 Å². The number of carbonyl (C=O) groups excluding carboxylic acids is 2. The van der Waals surface area contributed by atoms with E-state index in [1.165, 1.54) is 14.2 Å². The van der Waals surface area contributed by atoms with E-state index in [2.05, 4.69) is 0 Å². The SMILES string of the molecule is COc1ccc(OC)c2c1C(=O)C(Cl)=C(N1CCCCC1)C2=O. The molecule has 1 aliphatic carbocycles. The summed E-state index contributed by atoms with van der Waals surface area (Å²) in [6.45, 7) is 1.46. The minimum absolute atomic E-state index is 0.0315. The lowest BCUT2D eigenvalue weighted by Gasteiger charge is -2.33. The third kappa shape index (κ3) is 2.49. The number of benzene rings is 1. The molecule has 1 fully saturated rings. The Morgan fingerprint density at radius 2 is 1.43 bits per heavy atom. The van der Waals surface area contributed by atoms with Crippen LogP contribution in [0.1, 0.15) is 40.0 Å². The van der Waals surface area contributed by atoms with Gasteiger partial charge in [-0.05, 0) is 31.4 Å². The molecule has 2 aliphatic rings. The Labute approximate surface area is 139 Å². The van der Waals surface area contributed by atoms with E-state index in [1.807, 2.05) is 4.90 Å². The highest BCUT2D eigenvalue weighted by molar-refractivity contribution is 6.50. The summed E-state index contributed by atoms with van der Waals surface area (Å²) in [7, 11) is 2.93. The number of carbonyl (C=O) groups is 2. The first-order valence-corrected chi connectivity index (χ1v) is 7.97. The number of hydrogen-bond acceptors (Lipinski definition) is 5. The van der Waals surface area contributed by atoms with Gasteiger partial charge in [-0.2, -0.15) is 0 Å². The van der Waals surface area contributed by atoms with Crippen LogP contribution in [-0.2, 0) is 0 Å². The second-order valence-corrected chi connectivity index (χ2v) is 5.97. The number of methoxy groups -OCH3 is 2. The maximum absolute atomic E-state index is 13.0. The molecule has 0 spiro atoms. The van der Waals surface area contributed by atoms with E-state index in [0.717, 1.165) is 32.4 Å². The third-order valence-electron chi connectivity index (χ3n) is 4.32. The summed E-state index contributed by atoms with van der Waals surface area (Å²) in [5, 5.41) is -0.0315. The Bertz CT molecular complexity index is 705. The lowest BCUT2D eigenvalue weighted by Crippen LogP contribution is -2.37. The van der Waals surface area contributed by atoms with E-state index >= 15 is 0 Å². The van der Waals surface area contributed by atoms with Crippen LogP contribution in [0.15, 0.2) is 22.9 Å². The molecule has 1 aliphatic heterocycles. The smallest absolute Gasteiger partial charge is 0.215 e. The fourth-order valence-corrected chi connectivity index (χ4v) is 3.49. The Morgan fingerprint density at radius 3 is 1.96 bits per heavy atom. The molecule has 3 rings (SSSR count). The van der Waals surface area contributed by atoms with Crippen LogP contribution in [0.2, 0.25) is 0 Å². The summed E-state index contributed by atoms with van der Waals surface area (Å²) < 4.78 is 10.5. The van der Waals surface area contributed by atoms with Crippen molar-refractivity contribution in [2.24, 2.45) is 0 Å². The molecule has 1 heterocycles. The fourth-order valence-electron chi connectivity index (χ4n) is 3.19. The van der Waals surface area contributed by atoms with Gasteiger partial charge in [-0.15, -0.1) is 0 Å². The Hall–Kier alpha value is -2.01. The summed E-state index contributed by atoms with van der Waals surface area (Å²) >= 11 is 6.28. The topological polar surface area (TPSA) is 55.8 Å². The van der Waals surface area contributed by atoms with Gasteiger partial charge >= 0.3 is 0 Å². The molecule has 122 valence electrons. The first-order chi connectivity index (χ1) is 11.1. The van der Waals surface area contributed by atoms with Crippen LogP contribution in [0.3, 0.4) is 0 Å². The standard InChI is InChI=1S/C17H18ClNO4/c1-22-10-6-7-11(23-2)13-12(10)16(20)14(18)15(17(13)21)19-8-4-3-5-9-19/h6-7H,3-5,8-9H2,1-2H3. The van der Waals surface area contributed by atoms with Crippen molar-refractivity contribution in [3.8, 4) is 11.5 Å². The highest BCUT2D eigenvalue weighted by Crippen LogP contribution is 2.40. The van der Waals surface area contributed by atoms with Crippen molar-refractivity contribution in [1.29, 1.82) is 0 Å². The molecule has 1 aromatic carbocycles. The molecule has 23 heavy (non-hydrogen) atoms. The van der Waals surface area contributed by atoms with Crippen LogP contribution >= 0.6 is 11.6 Å². The average molecular weight is 336 g/mol. The van der Waals surface area contributed by atoms with Gasteiger partial charge in [-0.3, -0.25) is 9.59 Å². The van der Waals surface area contributed by atoms with Gasteiger partial charge in [0.25, 0.3) is 0 Å². The number of ether oxygens (including phenoxy) is 2. The average Bonchev–Trinajstić information content (AvgIpc) is 2.59. The van der Waals surface area contributed by atoms with Gasteiger partial charge in [-0.25, -0.2) is 0 Å². The summed E-state index contributed by atoms with van der Waals surface area (Å²) in [6, 6.07) is 3.24. The van der Waals surface area contributed by atoms with Crippen LogP contribution in [-0.4, -0.2) is 43.8 Å². The van der Waals surface area contributed by atoms with Crippen molar-refractivity contribution in [1.82, 2.24) is 4.90 Å². The summed E-state index contributed by atoms with van der Waals surface area (Å²) in [5.74, 6) is 0.0210. The molecule has 5 nitrogen and oxygen atoms in total. The number of fused-ring (bicyclic) bond motifs is 1. The molecule has 0 atom stereocenters. The number of rotatable bonds is 3. The lowest BCUT2D eigenvalue weighted by molar-refractivity contribution is 0.0935. The molecular formula is C17H18ClNO4. The second-order valence-electron chi connectivity index (χ2n) is 5.59. The molecule has 0 unspecified atom stereocenters. The Balaban J connectivity index is 2.17. The third-order valence-corrected chi connectivity index (χ3v) is 4.67. The van der Waals surface area contributed by atoms with Gasteiger partial charge in [0.05, 0.1) is 25.3 Å². The highest BCUT2D eigenvalue weighted by atomic mass is 35.5. The molecule has 0 bridgehead atoms. The predicted octanol–water partition coefficient (Wildman–Crippen LogP) is 3.02. The van der Waals surface area contributed by atoms with E-state index in [1.54, 1.807) is 12.1 Å². The molecule has 1 aromatic rings. The predicted molar refractivity (Wildman–Crippen MR) is 86.5 cm³/mol. The summed E-state index contributed by atoms with van der Waals surface area (Å²) in [6.07, 6.45) is 3.09. The van der Waals surface area contributed by atoms with E-state index in [9.17, 15) is 9.59 Å². The Morgan fingerprint density at radius 1 is 0.913 bits per heavy atom. The van der Waals surface area contributed by atoms with Crippen LogP contribution in [0.4, 0.5) is 0 Å². The van der Waals surface area contributed by atoms with Gasteiger partial charge in [0.15, 0.2) is 0 Å². The van der Waals surface area contributed by atoms with Crippen molar-refractivity contribution in [3.63, 3.8) is 0 Å². The molecule has 0 aromatic heterocycles. The van der Waals surface area contributed by atoms with Crippen LogP contribution in [0.25, 0.3) is 0 Å². The van der Waals surface area contributed by atoms with Gasteiger partial charge in [0, 0.05) is 13.1 Å². The van der Waals surface area contributed by atoms with Crippen molar-refractivity contribution >= 4 is 23.2 Å². The second kappa shape index (κ2) is 6.24. The highest BCUT2D eigenvalue weighted by Gasteiger charge is 2.39. The summed E-state index contributed by atoms with van der Waals surface area (Å²) in [5.41, 5.74) is 0.708. The zero-order valence-electron chi connectivity index (χ0n) is 13.1. The molecule has 0 amide bonds. The van der Waals surface area contributed by atoms with Gasteiger partial charge < -0.3 is 14.4 Å². The van der Waals surface area contributed by atoms with E-state index in [0.29, 0.717) is 11.5 Å². The van der Waals surface area contributed by atoms with Crippen LogP contribution in [0.5, 0.6) is 11.5 Å². The molecule has 0 N–H and O–H groups in total. The first kappa shape index (κ1) is 15.9. The lowest BCUT2D eigenvalue weighted by atomic mass is 9.89. The molecule has 1 saturated heterocycles. The quantitative estimate of drug-likeness (QED) is 0.850. The minimum Gasteiger partial charge on any atom is -0.496 e. The zero-order valence-corrected chi connectivity index (χ0v) is 13.9. The summed E-state index contributed by atoms with van der Waals surface area (Å²) in [4.78, 5) is 27.7. The fraction of sp³-hybridized carbons (Fsp3) is 0.412. The van der Waals surface area contributed by atoms with Crippen LogP contribution < -0.4 is 9.47 Å². The molecular weight excluding hydrogens is 318 g/mol. The normalized spacial score (nSPS) is 18.1.